The highest BCUT2D eigenvalue weighted by Gasteiger charge is 2.72. The van der Waals surface area contributed by atoms with Crippen LogP contribution in [0.4, 0.5) is 0 Å². The van der Waals surface area contributed by atoms with Gasteiger partial charge in [0, 0.05) is 10.8 Å². The molecule has 5 aliphatic rings. The van der Waals surface area contributed by atoms with E-state index in [4.69, 9.17) is 0 Å². The van der Waals surface area contributed by atoms with Crippen LogP contribution in [0.1, 0.15) is 92.9 Å². The molecule has 5 N–H and O–H groups in total. The molecule has 0 radical (unpaired) electrons. The first-order valence-electron chi connectivity index (χ1n) is 14.1. The Morgan fingerprint density at radius 1 is 0.917 bits per heavy atom. The van der Waals surface area contributed by atoms with Gasteiger partial charge in [-0.2, -0.15) is 0 Å². The predicted octanol–water partition coefficient (Wildman–Crippen LogP) is 4.15. The number of carboxylic acids is 1. The van der Waals surface area contributed by atoms with Gasteiger partial charge >= 0.3 is 5.97 Å². The van der Waals surface area contributed by atoms with Gasteiger partial charge in [0.2, 0.25) is 0 Å². The normalized spacial score (nSPS) is 55.9. The summed E-state index contributed by atoms with van der Waals surface area (Å²) >= 11 is 0. The summed E-state index contributed by atoms with van der Waals surface area (Å²) in [5.41, 5.74) is -1.22. The van der Waals surface area contributed by atoms with Crippen molar-refractivity contribution in [2.75, 3.05) is 6.61 Å². The molecule has 0 saturated heterocycles. The van der Waals surface area contributed by atoms with Crippen LogP contribution >= 0.6 is 0 Å². The third kappa shape index (κ3) is 2.96. The fraction of sp³-hybridized carbons (Fsp3) is 0.900. The average molecular weight is 505 g/mol. The molecule has 5 aliphatic carbocycles. The fourth-order valence-electron chi connectivity index (χ4n) is 10.7. The van der Waals surface area contributed by atoms with Crippen molar-refractivity contribution in [1.82, 2.24) is 0 Å². The molecule has 5 rings (SSSR count). The van der Waals surface area contributed by atoms with Crippen LogP contribution in [0.3, 0.4) is 0 Å². The molecule has 0 amide bonds. The van der Waals surface area contributed by atoms with E-state index in [1.54, 1.807) is 0 Å². The number of fused-ring (bicyclic) bond motifs is 7. The lowest BCUT2D eigenvalue weighted by molar-refractivity contribution is -0.287. The van der Waals surface area contributed by atoms with Crippen LogP contribution in [-0.4, -0.2) is 56.4 Å². The molecule has 36 heavy (non-hydrogen) atoms. The van der Waals surface area contributed by atoms with E-state index in [0.29, 0.717) is 6.42 Å². The lowest BCUT2D eigenvalue weighted by Crippen LogP contribution is -2.73. The summed E-state index contributed by atoms with van der Waals surface area (Å²) in [6.45, 7) is 12.9. The SMILES string of the molecule is CC1(C)CC[C@]2(C(=O)O)CC[C@]3(C)C(=CC[C@@H]4[C@@]5(C)[C@H](O)[C@@H](O)[C@H](O)[C@@](C)(CO)[C@@H]5CC[C@]43C)[C@@H]2C1. The molecular formula is C30H48O6. The van der Waals surface area contributed by atoms with Gasteiger partial charge in [0.1, 0.15) is 6.10 Å². The van der Waals surface area contributed by atoms with E-state index < -0.39 is 40.5 Å². The Labute approximate surface area is 216 Å². The smallest absolute Gasteiger partial charge is 0.310 e. The Kier molecular flexibility index (Phi) is 5.77. The number of aliphatic carboxylic acids is 1. The van der Waals surface area contributed by atoms with Crippen molar-refractivity contribution in [2.45, 2.75) is 111 Å². The standard InChI is InChI=1S/C30H48O6/c1-25(2)11-13-30(24(35)36)14-12-27(4)17(18(30)15-25)7-8-20-28(27,5)10-9-19-26(3,16-31)22(33)21(32)23(34)29(19,20)6/h7,18-23,31-34H,8-16H2,1-6H3,(H,35,36)/t18-,19-,20-,21-,22-,23+,26-,27+,28+,29-,30-/m0/s1. The van der Waals surface area contributed by atoms with Gasteiger partial charge in [-0.15, -0.1) is 0 Å². The maximum atomic E-state index is 12.8. The summed E-state index contributed by atoms with van der Waals surface area (Å²) in [5, 5.41) is 54.4. The lowest BCUT2D eigenvalue weighted by atomic mass is 9.33. The minimum atomic E-state index is -1.31. The highest BCUT2D eigenvalue weighted by molar-refractivity contribution is 5.76. The minimum absolute atomic E-state index is 0.0206. The largest absolute Gasteiger partial charge is 0.481 e. The Bertz CT molecular complexity index is 974. The number of aliphatic hydroxyl groups is 4. The maximum Gasteiger partial charge on any atom is 0.310 e. The highest BCUT2D eigenvalue weighted by atomic mass is 16.4. The number of carbonyl (C=O) groups is 1. The van der Waals surface area contributed by atoms with Gasteiger partial charge in [-0.25, -0.2) is 0 Å². The van der Waals surface area contributed by atoms with E-state index in [1.165, 1.54) is 5.57 Å². The molecular weight excluding hydrogens is 456 g/mol. The van der Waals surface area contributed by atoms with Crippen LogP contribution < -0.4 is 0 Å². The van der Waals surface area contributed by atoms with Gasteiger partial charge in [-0.1, -0.05) is 53.2 Å². The minimum Gasteiger partial charge on any atom is -0.481 e. The van der Waals surface area contributed by atoms with Gasteiger partial charge in [-0.3, -0.25) is 4.79 Å². The third-order valence-electron chi connectivity index (χ3n) is 13.3. The van der Waals surface area contributed by atoms with Gasteiger partial charge in [0.25, 0.3) is 0 Å². The number of hydrogen-bond acceptors (Lipinski definition) is 5. The lowest BCUT2D eigenvalue weighted by Gasteiger charge is -2.72. The van der Waals surface area contributed by atoms with Crippen LogP contribution in [0, 0.1) is 50.2 Å². The maximum absolute atomic E-state index is 12.8. The quantitative estimate of drug-likeness (QED) is 0.361. The molecule has 0 aromatic rings. The van der Waals surface area contributed by atoms with Crippen molar-refractivity contribution in [3.8, 4) is 0 Å². The molecule has 0 aliphatic heterocycles. The molecule has 0 unspecified atom stereocenters. The van der Waals surface area contributed by atoms with Gasteiger partial charge < -0.3 is 25.5 Å². The van der Waals surface area contributed by atoms with Crippen LogP contribution in [0.25, 0.3) is 0 Å². The van der Waals surface area contributed by atoms with E-state index in [0.717, 1.165) is 44.9 Å². The Morgan fingerprint density at radius 2 is 1.56 bits per heavy atom. The van der Waals surface area contributed by atoms with Crippen LogP contribution in [0.15, 0.2) is 11.6 Å². The second-order valence-corrected chi connectivity index (χ2v) is 15.1. The van der Waals surface area contributed by atoms with Crippen LogP contribution in [0.5, 0.6) is 0 Å². The second-order valence-electron chi connectivity index (χ2n) is 15.1. The Morgan fingerprint density at radius 3 is 2.17 bits per heavy atom. The van der Waals surface area contributed by atoms with Crippen molar-refractivity contribution in [3.63, 3.8) is 0 Å². The zero-order valence-electron chi connectivity index (χ0n) is 23.0. The molecule has 11 atom stereocenters. The number of allylic oxidation sites excluding steroid dienone is 2. The fourth-order valence-corrected chi connectivity index (χ4v) is 10.7. The first-order valence-corrected chi connectivity index (χ1v) is 14.1. The topological polar surface area (TPSA) is 118 Å². The van der Waals surface area contributed by atoms with Gasteiger partial charge in [-0.05, 0) is 85.4 Å². The molecule has 0 spiro atoms. The Hall–Kier alpha value is -0.950. The van der Waals surface area contributed by atoms with E-state index >= 15 is 0 Å². The molecule has 204 valence electrons. The van der Waals surface area contributed by atoms with Crippen molar-refractivity contribution in [3.05, 3.63) is 11.6 Å². The van der Waals surface area contributed by atoms with Crippen molar-refractivity contribution in [1.29, 1.82) is 0 Å². The van der Waals surface area contributed by atoms with E-state index in [-0.39, 0.29) is 40.6 Å². The summed E-state index contributed by atoms with van der Waals surface area (Å²) in [7, 11) is 0. The molecule has 6 heteroatoms. The van der Waals surface area contributed by atoms with Crippen LogP contribution in [0.2, 0.25) is 0 Å². The molecule has 0 heterocycles. The predicted molar refractivity (Wildman–Crippen MR) is 137 cm³/mol. The van der Waals surface area contributed by atoms with Crippen molar-refractivity contribution in [2.24, 2.45) is 50.2 Å². The molecule has 6 nitrogen and oxygen atoms in total. The highest BCUT2D eigenvalue weighted by Crippen LogP contribution is 2.75. The molecule has 0 aromatic carbocycles. The summed E-state index contributed by atoms with van der Waals surface area (Å²) in [5.74, 6) is -0.704. The van der Waals surface area contributed by atoms with E-state index in [1.807, 2.05) is 6.92 Å². The molecule has 0 aromatic heterocycles. The number of rotatable bonds is 2. The number of carboxylic acid groups (broad SMARTS) is 1. The van der Waals surface area contributed by atoms with Crippen molar-refractivity contribution >= 4 is 5.97 Å². The average Bonchev–Trinajstić information content (AvgIpc) is 2.81. The van der Waals surface area contributed by atoms with Gasteiger partial charge in [0.05, 0.1) is 24.2 Å². The van der Waals surface area contributed by atoms with E-state index in [2.05, 4.69) is 40.7 Å². The summed E-state index contributed by atoms with van der Waals surface area (Å²) < 4.78 is 0. The molecule has 0 bridgehead atoms. The first kappa shape index (κ1) is 26.6. The third-order valence-corrected chi connectivity index (χ3v) is 13.3. The Balaban J connectivity index is 1.64. The zero-order chi connectivity index (χ0) is 26.7. The first-order chi connectivity index (χ1) is 16.5. The molecule has 4 saturated carbocycles. The zero-order valence-corrected chi connectivity index (χ0v) is 23.0. The number of aliphatic hydroxyl groups excluding tert-OH is 4. The van der Waals surface area contributed by atoms with E-state index in [9.17, 15) is 30.3 Å². The monoisotopic (exact) mass is 504 g/mol. The molecule has 4 fully saturated rings. The summed E-state index contributed by atoms with van der Waals surface area (Å²) in [4.78, 5) is 12.8. The van der Waals surface area contributed by atoms with Gasteiger partial charge in [0.15, 0.2) is 0 Å². The number of hydrogen-bond donors (Lipinski definition) is 5. The van der Waals surface area contributed by atoms with Crippen LogP contribution in [-0.2, 0) is 4.79 Å². The summed E-state index contributed by atoms with van der Waals surface area (Å²) in [6.07, 6.45) is 5.16. The summed E-state index contributed by atoms with van der Waals surface area (Å²) in [6, 6.07) is 0. The second kappa shape index (κ2) is 7.80. The van der Waals surface area contributed by atoms with Crippen molar-refractivity contribution < 1.29 is 30.3 Å².